The SMILES string of the molecule is CC(C1CC1)N(C)c1nc(Nc2cnn(C(C)C)c2)nc2c1ccn2COCC[Si](C)(C)C. The molecule has 33 heavy (non-hydrogen) atoms. The normalized spacial score (nSPS) is 15.4. The molecule has 0 amide bonds. The molecule has 0 radical (unpaired) electrons. The number of aromatic nitrogens is 5. The topological polar surface area (TPSA) is 73.0 Å². The van der Waals surface area contributed by atoms with Crippen molar-refractivity contribution >= 4 is 36.6 Å². The van der Waals surface area contributed by atoms with Gasteiger partial charge in [0.1, 0.15) is 18.2 Å². The van der Waals surface area contributed by atoms with Crippen LogP contribution in [-0.4, -0.2) is 52.1 Å². The van der Waals surface area contributed by atoms with Crippen LogP contribution in [0.4, 0.5) is 17.5 Å². The minimum atomic E-state index is -1.12. The molecule has 1 unspecified atom stereocenters. The van der Waals surface area contributed by atoms with Crippen molar-refractivity contribution < 1.29 is 4.74 Å². The van der Waals surface area contributed by atoms with Crippen LogP contribution in [0.3, 0.4) is 0 Å². The molecule has 1 aliphatic carbocycles. The highest BCUT2D eigenvalue weighted by molar-refractivity contribution is 6.76. The molecule has 0 saturated heterocycles. The van der Waals surface area contributed by atoms with Crippen LogP contribution in [0.1, 0.15) is 39.7 Å². The number of hydrogen-bond acceptors (Lipinski definition) is 6. The molecule has 1 N–H and O–H groups in total. The third-order valence-electron chi connectivity index (χ3n) is 6.46. The lowest BCUT2D eigenvalue weighted by atomic mass is 10.2. The zero-order valence-electron chi connectivity index (χ0n) is 21.2. The van der Waals surface area contributed by atoms with Crippen LogP contribution in [0.5, 0.6) is 0 Å². The zero-order chi connectivity index (χ0) is 23.8. The van der Waals surface area contributed by atoms with Crippen molar-refractivity contribution in [2.75, 3.05) is 23.9 Å². The summed E-state index contributed by atoms with van der Waals surface area (Å²) in [6.07, 6.45) is 8.47. The van der Waals surface area contributed by atoms with Gasteiger partial charge in [0.15, 0.2) is 0 Å². The van der Waals surface area contributed by atoms with Gasteiger partial charge in [-0.15, -0.1) is 0 Å². The molecular weight excluding hydrogens is 430 g/mol. The van der Waals surface area contributed by atoms with Crippen molar-refractivity contribution in [3.63, 3.8) is 0 Å². The van der Waals surface area contributed by atoms with Gasteiger partial charge < -0.3 is 19.5 Å². The Labute approximate surface area is 198 Å². The van der Waals surface area contributed by atoms with Gasteiger partial charge in [-0.1, -0.05) is 19.6 Å². The summed E-state index contributed by atoms with van der Waals surface area (Å²) in [7, 11) is 1.03. The van der Waals surface area contributed by atoms with Crippen LogP contribution in [-0.2, 0) is 11.5 Å². The first kappa shape index (κ1) is 23.8. The number of nitrogens with one attached hydrogen (secondary N) is 1. The maximum absolute atomic E-state index is 6.04. The molecule has 0 bridgehead atoms. The molecule has 1 atom stereocenters. The van der Waals surface area contributed by atoms with Crippen molar-refractivity contribution in [3.8, 4) is 0 Å². The lowest BCUT2D eigenvalue weighted by molar-refractivity contribution is 0.0899. The Morgan fingerprint density at radius 3 is 2.61 bits per heavy atom. The maximum atomic E-state index is 6.04. The molecule has 3 aromatic heterocycles. The average molecular weight is 470 g/mol. The van der Waals surface area contributed by atoms with Gasteiger partial charge in [-0.25, -0.2) is 0 Å². The number of anilines is 3. The highest BCUT2D eigenvalue weighted by Gasteiger charge is 2.32. The van der Waals surface area contributed by atoms with Gasteiger partial charge in [0, 0.05) is 46.2 Å². The van der Waals surface area contributed by atoms with E-state index in [0.717, 1.165) is 41.1 Å². The summed E-state index contributed by atoms with van der Waals surface area (Å²) in [4.78, 5) is 12.1. The van der Waals surface area contributed by atoms with Crippen LogP contribution < -0.4 is 10.2 Å². The maximum Gasteiger partial charge on any atom is 0.231 e. The standard InChI is InChI=1S/C24H39N7OSi/c1-17(2)31-15-20(14-25-31)26-24-27-22(29(4)18(3)19-8-9-19)21-10-11-30(23(21)28-24)16-32-12-13-33(5,6)7/h10-11,14-15,17-19H,8-9,12-13,16H2,1-7H3,(H,26,27,28). The second-order valence-corrected chi connectivity index (χ2v) is 16.5. The Morgan fingerprint density at radius 2 is 1.97 bits per heavy atom. The largest absolute Gasteiger partial charge is 0.361 e. The first-order valence-corrected chi connectivity index (χ1v) is 15.8. The number of ether oxygens (including phenoxy) is 1. The zero-order valence-corrected chi connectivity index (χ0v) is 22.2. The van der Waals surface area contributed by atoms with Crippen LogP contribution in [0, 0.1) is 5.92 Å². The van der Waals surface area contributed by atoms with E-state index >= 15 is 0 Å². The summed E-state index contributed by atoms with van der Waals surface area (Å²) in [5, 5.41) is 8.87. The van der Waals surface area contributed by atoms with Gasteiger partial charge in [-0.3, -0.25) is 4.68 Å². The van der Waals surface area contributed by atoms with E-state index in [0.29, 0.717) is 24.8 Å². The van der Waals surface area contributed by atoms with Gasteiger partial charge in [0.2, 0.25) is 5.95 Å². The van der Waals surface area contributed by atoms with E-state index in [-0.39, 0.29) is 0 Å². The molecule has 0 aliphatic heterocycles. The summed E-state index contributed by atoms with van der Waals surface area (Å²) >= 11 is 0. The Morgan fingerprint density at radius 1 is 1.21 bits per heavy atom. The minimum absolute atomic E-state index is 0.301. The Bertz CT molecular complexity index is 1080. The molecule has 9 heteroatoms. The van der Waals surface area contributed by atoms with Crippen molar-refractivity contribution in [2.24, 2.45) is 5.92 Å². The number of nitrogens with zero attached hydrogens (tertiary/aromatic N) is 6. The van der Waals surface area contributed by atoms with Crippen LogP contribution in [0.25, 0.3) is 11.0 Å². The van der Waals surface area contributed by atoms with Crippen molar-refractivity contribution in [1.29, 1.82) is 0 Å². The monoisotopic (exact) mass is 469 g/mol. The lowest BCUT2D eigenvalue weighted by Crippen LogP contribution is -2.31. The predicted molar refractivity (Wildman–Crippen MR) is 138 cm³/mol. The number of fused-ring (bicyclic) bond motifs is 1. The summed E-state index contributed by atoms with van der Waals surface area (Å²) in [6.45, 7) is 14.9. The molecule has 0 spiro atoms. The third-order valence-corrected chi connectivity index (χ3v) is 8.17. The van der Waals surface area contributed by atoms with Gasteiger partial charge in [-0.05, 0) is 51.6 Å². The second kappa shape index (κ2) is 9.46. The lowest BCUT2D eigenvalue weighted by Gasteiger charge is -2.27. The molecule has 0 aromatic carbocycles. The first-order chi connectivity index (χ1) is 15.6. The Balaban J connectivity index is 1.63. The van der Waals surface area contributed by atoms with Gasteiger partial charge in [-0.2, -0.15) is 15.1 Å². The van der Waals surface area contributed by atoms with Crippen molar-refractivity contribution in [3.05, 3.63) is 24.7 Å². The fourth-order valence-electron chi connectivity index (χ4n) is 3.92. The second-order valence-electron chi connectivity index (χ2n) is 10.9. The first-order valence-electron chi connectivity index (χ1n) is 12.1. The van der Waals surface area contributed by atoms with E-state index in [9.17, 15) is 0 Å². The van der Waals surface area contributed by atoms with Gasteiger partial charge in [0.25, 0.3) is 0 Å². The summed E-state index contributed by atoms with van der Waals surface area (Å²) < 4.78 is 10.1. The van der Waals surface area contributed by atoms with E-state index in [1.807, 2.05) is 17.1 Å². The quantitative estimate of drug-likeness (QED) is 0.295. The molecule has 180 valence electrons. The summed E-state index contributed by atoms with van der Waals surface area (Å²) in [6, 6.07) is 4.01. The van der Waals surface area contributed by atoms with E-state index in [1.165, 1.54) is 12.8 Å². The van der Waals surface area contributed by atoms with Gasteiger partial charge >= 0.3 is 0 Å². The van der Waals surface area contributed by atoms with Gasteiger partial charge in [0.05, 0.1) is 17.3 Å². The number of hydrogen-bond donors (Lipinski definition) is 1. The fraction of sp³-hybridized carbons (Fsp3) is 0.625. The van der Waals surface area contributed by atoms with Crippen molar-refractivity contribution in [2.45, 2.75) is 78.1 Å². The van der Waals surface area contributed by atoms with E-state index in [4.69, 9.17) is 14.7 Å². The summed E-state index contributed by atoms with van der Waals surface area (Å²) in [5.74, 6) is 2.28. The van der Waals surface area contributed by atoms with Crippen LogP contribution >= 0.6 is 0 Å². The molecule has 8 nitrogen and oxygen atoms in total. The van der Waals surface area contributed by atoms with Crippen LogP contribution in [0.2, 0.25) is 25.7 Å². The van der Waals surface area contributed by atoms with E-state index < -0.39 is 8.07 Å². The highest BCUT2D eigenvalue weighted by atomic mass is 28.3. The van der Waals surface area contributed by atoms with E-state index in [1.54, 1.807) is 0 Å². The molecule has 1 saturated carbocycles. The predicted octanol–water partition coefficient (Wildman–Crippen LogP) is 5.50. The molecular formula is C24H39N7OSi. The molecule has 3 heterocycles. The minimum Gasteiger partial charge on any atom is -0.361 e. The smallest absolute Gasteiger partial charge is 0.231 e. The molecule has 3 aromatic rings. The number of rotatable bonds is 11. The average Bonchev–Trinajstić information content (AvgIpc) is 3.36. The molecule has 4 rings (SSSR count). The Kier molecular flexibility index (Phi) is 6.81. The van der Waals surface area contributed by atoms with E-state index in [2.05, 4.69) is 79.6 Å². The summed E-state index contributed by atoms with van der Waals surface area (Å²) in [5.41, 5.74) is 1.78. The van der Waals surface area contributed by atoms with Crippen LogP contribution in [0.15, 0.2) is 24.7 Å². The highest BCUT2D eigenvalue weighted by Crippen LogP contribution is 2.37. The molecule has 1 fully saturated rings. The molecule has 1 aliphatic rings. The Hall–Kier alpha value is -2.39. The van der Waals surface area contributed by atoms with Crippen molar-refractivity contribution in [1.82, 2.24) is 24.3 Å². The third kappa shape index (κ3) is 5.76. The fourth-order valence-corrected chi connectivity index (χ4v) is 4.68.